The first kappa shape index (κ1) is 18.9. The van der Waals surface area contributed by atoms with Gasteiger partial charge in [-0.05, 0) is 19.3 Å². The van der Waals surface area contributed by atoms with Gasteiger partial charge in [-0.15, -0.1) is 24.0 Å². The van der Waals surface area contributed by atoms with E-state index in [0.717, 1.165) is 45.9 Å². The summed E-state index contributed by atoms with van der Waals surface area (Å²) in [4.78, 5) is 6.52. The van der Waals surface area contributed by atoms with Gasteiger partial charge in [0, 0.05) is 26.2 Å². The molecule has 1 aliphatic rings. The molecule has 6 heteroatoms. The summed E-state index contributed by atoms with van der Waals surface area (Å²) in [6, 6.07) is 0. The van der Waals surface area contributed by atoms with Crippen LogP contribution in [0.1, 0.15) is 27.2 Å². The number of aliphatic imine (C=N–C) groups is 1. The number of nitrogens with zero attached hydrogens (tertiary/aromatic N) is 2. The maximum atomic E-state index is 5.96. The first-order valence-corrected chi connectivity index (χ1v) is 6.89. The van der Waals surface area contributed by atoms with Crippen molar-refractivity contribution in [3.63, 3.8) is 0 Å². The molecule has 0 spiro atoms. The van der Waals surface area contributed by atoms with Crippen molar-refractivity contribution in [2.24, 2.45) is 16.6 Å². The van der Waals surface area contributed by atoms with Crippen LogP contribution in [-0.2, 0) is 9.47 Å². The largest absolute Gasteiger partial charge is 0.378 e. The lowest BCUT2D eigenvalue weighted by molar-refractivity contribution is 0.0265. The number of rotatable bonds is 6. The molecule has 1 unspecified atom stereocenters. The minimum absolute atomic E-state index is 0. The molecule has 19 heavy (non-hydrogen) atoms. The van der Waals surface area contributed by atoms with Crippen LogP contribution >= 0.6 is 24.0 Å². The molecule has 0 bridgehead atoms. The van der Waals surface area contributed by atoms with Crippen molar-refractivity contribution in [2.75, 3.05) is 39.5 Å². The Morgan fingerprint density at radius 3 is 2.53 bits per heavy atom. The molecule has 114 valence electrons. The highest BCUT2D eigenvalue weighted by Crippen LogP contribution is 2.10. The summed E-state index contributed by atoms with van der Waals surface area (Å²) < 4.78 is 11.0. The van der Waals surface area contributed by atoms with Crippen LogP contribution in [0.5, 0.6) is 0 Å². The van der Waals surface area contributed by atoms with E-state index in [1.54, 1.807) is 0 Å². The highest BCUT2D eigenvalue weighted by atomic mass is 127. The average molecular weight is 385 g/mol. The van der Waals surface area contributed by atoms with Gasteiger partial charge in [0.2, 0.25) is 0 Å². The predicted octanol–water partition coefficient (Wildman–Crippen LogP) is 1.70. The van der Waals surface area contributed by atoms with Gasteiger partial charge in [-0.1, -0.05) is 13.8 Å². The summed E-state index contributed by atoms with van der Waals surface area (Å²) in [5.74, 6) is 1.15. The Hall–Kier alpha value is -0.0800. The van der Waals surface area contributed by atoms with Crippen LogP contribution in [0.25, 0.3) is 0 Å². The molecule has 1 saturated heterocycles. The minimum atomic E-state index is 0. The number of nitrogens with two attached hydrogens (primary N) is 1. The van der Waals surface area contributed by atoms with Gasteiger partial charge in [0.1, 0.15) is 0 Å². The number of halogens is 1. The number of hydrogen-bond acceptors (Lipinski definition) is 3. The number of hydrogen-bond donors (Lipinski definition) is 1. The van der Waals surface area contributed by atoms with Crippen molar-refractivity contribution in [3.8, 4) is 0 Å². The second-order valence-electron chi connectivity index (χ2n) is 4.87. The fourth-order valence-electron chi connectivity index (χ4n) is 2.02. The molecule has 2 N–H and O–H groups in total. The number of guanidine groups is 1. The van der Waals surface area contributed by atoms with E-state index in [1.165, 1.54) is 0 Å². The molecule has 0 aromatic carbocycles. The second kappa shape index (κ2) is 10.7. The average Bonchev–Trinajstić information content (AvgIpc) is 2.38. The Balaban J connectivity index is 0.00000324. The fraction of sp³-hybridized carbons (Fsp3) is 0.923. The zero-order valence-electron chi connectivity index (χ0n) is 12.3. The number of ether oxygens (including phenoxy) is 2. The summed E-state index contributed by atoms with van der Waals surface area (Å²) in [7, 11) is 0. The zero-order valence-corrected chi connectivity index (χ0v) is 14.6. The summed E-state index contributed by atoms with van der Waals surface area (Å²) in [5.41, 5.74) is 5.96. The van der Waals surface area contributed by atoms with Crippen molar-refractivity contribution in [1.29, 1.82) is 0 Å². The summed E-state index contributed by atoms with van der Waals surface area (Å²) >= 11 is 0. The minimum Gasteiger partial charge on any atom is -0.378 e. The van der Waals surface area contributed by atoms with Crippen molar-refractivity contribution < 1.29 is 9.47 Å². The normalized spacial score (nSPS) is 18.3. The molecule has 0 saturated carbocycles. The summed E-state index contributed by atoms with van der Waals surface area (Å²) in [6.45, 7) is 11.0. The SMILES string of the molecule is CCOC(CCN=C(N)N1CCOCC1)C(C)C.I. The third-order valence-corrected chi connectivity index (χ3v) is 3.15. The Morgan fingerprint density at radius 2 is 2.00 bits per heavy atom. The third-order valence-electron chi connectivity index (χ3n) is 3.15. The molecule has 1 atom stereocenters. The zero-order chi connectivity index (χ0) is 13.4. The quantitative estimate of drug-likeness (QED) is 0.430. The standard InChI is InChI=1S/C13H27N3O2.HI/c1-4-18-12(11(2)3)5-6-15-13(14)16-7-9-17-10-8-16;/h11-12H,4-10H2,1-3H3,(H2,14,15);1H. The van der Waals surface area contributed by atoms with Crippen molar-refractivity contribution in [1.82, 2.24) is 4.90 Å². The van der Waals surface area contributed by atoms with Gasteiger partial charge in [0.15, 0.2) is 5.96 Å². The Labute approximate surface area is 133 Å². The molecular formula is C13H28IN3O2. The smallest absolute Gasteiger partial charge is 0.191 e. The van der Waals surface area contributed by atoms with Crippen molar-refractivity contribution >= 4 is 29.9 Å². The van der Waals surface area contributed by atoms with E-state index in [1.807, 2.05) is 6.92 Å². The van der Waals surface area contributed by atoms with Crippen molar-refractivity contribution in [3.05, 3.63) is 0 Å². The highest BCUT2D eigenvalue weighted by Gasteiger charge is 2.14. The summed E-state index contributed by atoms with van der Waals surface area (Å²) in [6.07, 6.45) is 1.20. The maximum absolute atomic E-state index is 5.96. The molecule has 0 aromatic rings. The van der Waals surface area contributed by atoms with E-state index in [0.29, 0.717) is 11.9 Å². The fourth-order valence-corrected chi connectivity index (χ4v) is 2.02. The first-order valence-electron chi connectivity index (χ1n) is 6.89. The van der Waals surface area contributed by atoms with Crippen molar-refractivity contribution in [2.45, 2.75) is 33.3 Å². The van der Waals surface area contributed by atoms with E-state index >= 15 is 0 Å². The van der Waals surface area contributed by atoms with Crippen LogP contribution in [0, 0.1) is 5.92 Å². The Bertz CT molecular complexity index is 256. The van der Waals surface area contributed by atoms with Gasteiger partial charge < -0.3 is 20.1 Å². The molecule has 1 fully saturated rings. The lowest BCUT2D eigenvalue weighted by Crippen LogP contribution is -2.45. The molecule has 0 aliphatic carbocycles. The topological polar surface area (TPSA) is 60.1 Å². The van der Waals surface area contributed by atoms with Gasteiger partial charge in [0.05, 0.1) is 19.3 Å². The third kappa shape index (κ3) is 7.31. The highest BCUT2D eigenvalue weighted by molar-refractivity contribution is 14.0. The maximum Gasteiger partial charge on any atom is 0.191 e. The van der Waals surface area contributed by atoms with E-state index in [9.17, 15) is 0 Å². The number of morpholine rings is 1. The molecule has 5 nitrogen and oxygen atoms in total. The molecule has 1 heterocycles. The molecular weight excluding hydrogens is 357 g/mol. The monoisotopic (exact) mass is 385 g/mol. The second-order valence-corrected chi connectivity index (χ2v) is 4.87. The van der Waals surface area contributed by atoms with Crippen LogP contribution in [0.2, 0.25) is 0 Å². The predicted molar refractivity (Wildman–Crippen MR) is 89.2 cm³/mol. The lowest BCUT2D eigenvalue weighted by Gasteiger charge is -2.27. The van der Waals surface area contributed by atoms with Crippen LogP contribution in [0.15, 0.2) is 4.99 Å². The summed E-state index contributed by atoms with van der Waals surface area (Å²) in [5, 5.41) is 0. The molecule has 0 amide bonds. The molecule has 0 radical (unpaired) electrons. The van der Waals surface area contributed by atoms with Gasteiger partial charge in [-0.3, -0.25) is 4.99 Å². The Morgan fingerprint density at radius 1 is 1.37 bits per heavy atom. The van der Waals surface area contributed by atoms with Gasteiger partial charge in [-0.2, -0.15) is 0 Å². The molecule has 0 aromatic heterocycles. The van der Waals surface area contributed by atoms with E-state index < -0.39 is 0 Å². The Kier molecular flexibility index (Phi) is 10.6. The first-order chi connectivity index (χ1) is 8.65. The lowest BCUT2D eigenvalue weighted by atomic mass is 10.0. The molecule has 1 aliphatic heterocycles. The van der Waals surface area contributed by atoms with E-state index in [4.69, 9.17) is 15.2 Å². The van der Waals surface area contributed by atoms with Gasteiger partial charge in [0.25, 0.3) is 0 Å². The van der Waals surface area contributed by atoms with E-state index in [-0.39, 0.29) is 30.1 Å². The van der Waals surface area contributed by atoms with Crippen LogP contribution < -0.4 is 5.73 Å². The van der Waals surface area contributed by atoms with Gasteiger partial charge in [-0.25, -0.2) is 0 Å². The van der Waals surface area contributed by atoms with E-state index in [2.05, 4.69) is 23.7 Å². The van der Waals surface area contributed by atoms with Gasteiger partial charge >= 0.3 is 0 Å². The van der Waals surface area contributed by atoms with Crippen LogP contribution in [0.3, 0.4) is 0 Å². The van der Waals surface area contributed by atoms with Crippen LogP contribution in [0.4, 0.5) is 0 Å². The molecule has 1 rings (SSSR count). The van der Waals surface area contributed by atoms with Crippen LogP contribution in [-0.4, -0.2) is 56.4 Å².